The van der Waals surface area contributed by atoms with Crippen molar-refractivity contribution in [1.29, 1.82) is 0 Å². The normalized spacial score (nSPS) is 13.8. The highest BCUT2D eigenvalue weighted by molar-refractivity contribution is 5.78. The minimum atomic E-state index is -4.32. The first-order chi connectivity index (χ1) is 7.76. The third-order valence-electron chi connectivity index (χ3n) is 2.20. The van der Waals surface area contributed by atoms with Gasteiger partial charge in [0.2, 0.25) is 5.91 Å². The summed E-state index contributed by atoms with van der Waals surface area (Å²) in [6, 6.07) is -0.222. The number of hydrogen-bond acceptors (Lipinski definition) is 3. The molecular weight excluding hydrogens is 237 g/mol. The molecule has 7 heteroatoms. The zero-order chi connectivity index (χ0) is 13.5. The van der Waals surface area contributed by atoms with Crippen molar-refractivity contribution in [3.05, 3.63) is 0 Å². The van der Waals surface area contributed by atoms with Gasteiger partial charge in [0.05, 0.1) is 13.1 Å². The molecule has 0 saturated heterocycles. The van der Waals surface area contributed by atoms with E-state index in [-0.39, 0.29) is 25.1 Å². The zero-order valence-electron chi connectivity index (χ0n) is 9.97. The minimum Gasteiger partial charge on any atom is -0.396 e. The van der Waals surface area contributed by atoms with Gasteiger partial charge < -0.3 is 15.7 Å². The largest absolute Gasteiger partial charge is 0.401 e. The summed E-state index contributed by atoms with van der Waals surface area (Å²) in [4.78, 5) is 11.3. The van der Waals surface area contributed by atoms with Crippen molar-refractivity contribution in [3.8, 4) is 0 Å². The Kier molecular flexibility index (Phi) is 7.13. The molecule has 0 aliphatic heterocycles. The first-order valence-corrected chi connectivity index (χ1v) is 5.44. The summed E-state index contributed by atoms with van der Waals surface area (Å²) in [5.74, 6) is -0.380. The van der Waals surface area contributed by atoms with E-state index in [1.54, 1.807) is 0 Å². The Hall–Kier alpha value is -0.820. The van der Waals surface area contributed by atoms with Crippen molar-refractivity contribution >= 4 is 5.91 Å². The topological polar surface area (TPSA) is 61.4 Å². The summed E-state index contributed by atoms with van der Waals surface area (Å²) >= 11 is 0. The van der Waals surface area contributed by atoms with Crippen molar-refractivity contribution < 1.29 is 23.1 Å². The van der Waals surface area contributed by atoms with Gasteiger partial charge in [-0.3, -0.25) is 4.79 Å². The van der Waals surface area contributed by atoms with E-state index < -0.39 is 18.6 Å². The molecule has 4 nitrogen and oxygen atoms in total. The van der Waals surface area contributed by atoms with Gasteiger partial charge in [0.1, 0.15) is 0 Å². The average molecular weight is 256 g/mol. The number of halogens is 3. The fraction of sp³-hybridized carbons (Fsp3) is 0.900. The number of aliphatic hydroxyl groups excluding tert-OH is 1. The number of alkyl halides is 3. The van der Waals surface area contributed by atoms with Crippen LogP contribution >= 0.6 is 0 Å². The maximum Gasteiger partial charge on any atom is 0.401 e. The lowest BCUT2D eigenvalue weighted by Gasteiger charge is -2.21. The van der Waals surface area contributed by atoms with Gasteiger partial charge in [-0.15, -0.1) is 0 Å². The monoisotopic (exact) mass is 256 g/mol. The molecule has 0 aromatic carbocycles. The van der Waals surface area contributed by atoms with Crippen LogP contribution in [-0.4, -0.2) is 42.9 Å². The van der Waals surface area contributed by atoms with Crippen molar-refractivity contribution in [1.82, 2.24) is 10.6 Å². The van der Waals surface area contributed by atoms with Crippen LogP contribution in [0.4, 0.5) is 13.2 Å². The van der Waals surface area contributed by atoms with E-state index in [4.69, 9.17) is 5.11 Å². The molecule has 0 bridgehead atoms. The fourth-order valence-electron chi connectivity index (χ4n) is 1.29. The SMILES string of the molecule is CC(C)C(CCO)NC(=O)CNCC(F)(F)F. The van der Waals surface area contributed by atoms with Gasteiger partial charge in [-0.25, -0.2) is 0 Å². The van der Waals surface area contributed by atoms with Gasteiger partial charge in [-0.2, -0.15) is 13.2 Å². The van der Waals surface area contributed by atoms with Gasteiger partial charge in [0, 0.05) is 12.6 Å². The minimum absolute atomic E-state index is 0.0703. The second kappa shape index (κ2) is 7.50. The molecule has 0 aliphatic rings. The van der Waals surface area contributed by atoms with Crippen LogP contribution in [0.3, 0.4) is 0 Å². The number of aliphatic hydroxyl groups is 1. The fourth-order valence-corrected chi connectivity index (χ4v) is 1.29. The first kappa shape index (κ1) is 16.2. The predicted octanol–water partition coefficient (Wildman–Crippen LogP) is 0.661. The van der Waals surface area contributed by atoms with Crippen molar-refractivity contribution in [2.24, 2.45) is 5.92 Å². The van der Waals surface area contributed by atoms with Crippen LogP contribution in [0.1, 0.15) is 20.3 Å². The number of carbonyl (C=O) groups excluding carboxylic acids is 1. The Labute approximate surface area is 98.6 Å². The van der Waals surface area contributed by atoms with Crippen LogP contribution in [0.25, 0.3) is 0 Å². The molecular formula is C10H19F3N2O2. The predicted molar refractivity (Wildman–Crippen MR) is 57.4 cm³/mol. The maximum absolute atomic E-state index is 11.8. The summed E-state index contributed by atoms with van der Waals surface area (Å²) in [5, 5.41) is 13.4. The maximum atomic E-state index is 11.8. The van der Waals surface area contributed by atoms with Gasteiger partial charge >= 0.3 is 6.18 Å². The first-order valence-electron chi connectivity index (χ1n) is 5.44. The molecule has 0 saturated carbocycles. The van der Waals surface area contributed by atoms with Crippen molar-refractivity contribution in [2.75, 3.05) is 19.7 Å². The molecule has 0 heterocycles. The molecule has 0 rings (SSSR count). The van der Waals surface area contributed by atoms with Crippen LogP contribution in [0.5, 0.6) is 0 Å². The van der Waals surface area contributed by atoms with Crippen molar-refractivity contribution in [2.45, 2.75) is 32.5 Å². The average Bonchev–Trinajstić information content (AvgIpc) is 2.14. The van der Waals surface area contributed by atoms with E-state index >= 15 is 0 Å². The molecule has 0 aromatic heterocycles. The van der Waals surface area contributed by atoms with Crippen LogP contribution in [0.2, 0.25) is 0 Å². The molecule has 1 atom stereocenters. The number of carbonyl (C=O) groups is 1. The third kappa shape index (κ3) is 8.93. The molecule has 0 fully saturated rings. The lowest BCUT2D eigenvalue weighted by Crippen LogP contribution is -2.44. The molecule has 3 N–H and O–H groups in total. The van der Waals surface area contributed by atoms with E-state index in [2.05, 4.69) is 5.32 Å². The number of nitrogens with one attached hydrogen (secondary N) is 2. The number of rotatable bonds is 7. The summed E-state index contributed by atoms with van der Waals surface area (Å²) < 4.78 is 35.4. The quantitative estimate of drug-likeness (QED) is 0.627. The molecule has 17 heavy (non-hydrogen) atoms. The molecule has 0 radical (unpaired) electrons. The highest BCUT2D eigenvalue weighted by atomic mass is 19.4. The molecule has 1 amide bonds. The van der Waals surface area contributed by atoms with E-state index in [0.29, 0.717) is 6.42 Å². The highest BCUT2D eigenvalue weighted by Gasteiger charge is 2.26. The zero-order valence-corrected chi connectivity index (χ0v) is 9.97. The van der Waals surface area contributed by atoms with E-state index in [1.807, 2.05) is 19.2 Å². The molecule has 0 aromatic rings. The summed E-state index contributed by atoms with van der Waals surface area (Å²) in [7, 11) is 0. The smallest absolute Gasteiger partial charge is 0.396 e. The van der Waals surface area contributed by atoms with E-state index in [0.717, 1.165) is 0 Å². The van der Waals surface area contributed by atoms with Gasteiger partial charge in [-0.1, -0.05) is 13.8 Å². The van der Waals surface area contributed by atoms with Crippen LogP contribution in [0.15, 0.2) is 0 Å². The lowest BCUT2D eigenvalue weighted by molar-refractivity contribution is -0.128. The van der Waals surface area contributed by atoms with Gasteiger partial charge in [0.15, 0.2) is 0 Å². The highest BCUT2D eigenvalue weighted by Crippen LogP contribution is 2.11. The molecule has 1 unspecified atom stereocenters. The number of hydrogen-bond donors (Lipinski definition) is 3. The second-order valence-corrected chi connectivity index (χ2v) is 4.15. The number of amides is 1. The Morgan fingerprint density at radius 3 is 2.35 bits per heavy atom. The van der Waals surface area contributed by atoms with E-state index in [9.17, 15) is 18.0 Å². The Morgan fingerprint density at radius 1 is 1.35 bits per heavy atom. The molecule has 0 spiro atoms. The molecule has 0 aliphatic carbocycles. The van der Waals surface area contributed by atoms with Crippen LogP contribution in [-0.2, 0) is 4.79 Å². The van der Waals surface area contributed by atoms with Gasteiger partial charge in [0.25, 0.3) is 0 Å². The Bertz CT molecular complexity index is 232. The second-order valence-electron chi connectivity index (χ2n) is 4.15. The Balaban J connectivity index is 3.90. The Morgan fingerprint density at radius 2 is 1.94 bits per heavy atom. The van der Waals surface area contributed by atoms with Crippen LogP contribution in [0, 0.1) is 5.92 Å². The lowest BCUT2D eigenvalue weighted by atomic mass is 10.0. The van der Waals surface area contributed by atoms with Gasteiger partial charge in [-0.05, 0) is 12.3 Å². The standard InChI is InChI=1S/C10H19F3N2O2/c1-7(2)8(3-4-16)15-9(17)5-14-6-10(11,12)13/h7-8,14,16H,3-6H2,1-2H3,(H,15,17). The molecule has 102 valence electrons. The summed E-state index contributed by atoms with van der Waals surface area (Å²) in [5.41, 5.74) is 0. The van der Waals surface area contributed by atoms with E-state index in [1.165, 1.54) is 0 Å². The summed E-state index contributed by atoms with van der Waals surface area (Å²) in [6.07, 6.45) is -3.93. The van der Waals surface area contributed by atoms with Crippen molar-refractivity contribution in [3.63, 3.8) is 0 Å². The van der Waals surface area contributed by atoms with Crippen LogP contribution < -0.4 is 10.6 Å². The summed E-state index contributed by atoms with van der Waals surface area (Å²) in [6.45, 7) is 2.09. The third-order valence-corrected chi connectivity index (χ3v) is 2.20.